The van der Waals surface area contributed by atoms with Gasteiger partial charge in [0.05, 0.1) is 5.56 Å². The molecule has 0 saturated heterocycles. The van der Waals surface area contributed by atoms with Crippen molar-refractivity contribution in [1.29, 1.82) is 0 Å². The van der Waals surface area contributed by atoms with Crippen molar-refractivity contribution in [3.63, 3.8) is 0 Å². The van der Waals surface area contributed by atoms with Gasteiger partial charge in [-0.25, -0.2) is 4.79 Å². The summed E-state index contributed by atoms with van der Waals surface area (Å²) in [5.41, 5.74) is 1.09. The number of thiophene rings is 1. The number of carbonyl (C=O) groups is 3. The molecule has 2 amide bonds. The second-order valence-corrected chi connectivity index (χ2v) is 8.32. The summed E-state index contributed by atoms with van der Waals surface area (Å²) >= 11 is 1.33. The van der Waals surface area contributed by atoms with Gasteiger partial charge >= 0.3 is 5.97 Å². The lowest BCUT2D eigenvalue weighted by atomic mass is 9.86. The summed E-state index contributed by atoms with van der Waals surface area (Å²) in [6, 6.07) is 0.137. The average molecular weight is 381 g/mol. The van der Waals surface area contributed by atoms with Gasteiger partial charge in [-0.2, -0.15) is 0 Å². The van der Waals surface area contributed by atoms with E-state index < -0.39 is 12.1 Å². The van der Waals surface area contributed by atoms with Gasteiger partial charge in [-0.1, -0.05) is 19.8 Å². The van der Waals surface area contributed by atoms with Crippen molar-refractivity contribution in [3.05, 3.63) is 16.0 Å². The Labute approximate surface area is 158 Å². The SMILES string of the molecule is CC(=O)Nc1sc(C)c(C)c1C(=O)O[C@H](C)C(=O)N[C@H]1CCCC[C@@H]1C. The predicted octanol–water partition coefficient (Wildman–Crippen LogP) is 3.56. The maximum absolute atomic E-state index is 12.6. The number of aryl methyl sites for hydroxylation is 1. The van der Waals surface area contributed by atoms with Crippen LogP contribution in [0.1, 0.15) is 67.3 Å². The molecule has 0 bridgehead atoms. The van der Waals surface area contributed by atoms with Crippen LogP contribution in [0.4, 0.5) is 5.00 Å². The molecule has 0 aromatic carbocycles. The summed E-state index contributed by atoms with van der Waals surface area (Å²) in [4.78, 5) is 37.3. The highest BCUT2D eigenvalue weighted by Gasteiger charge is 2.28. The minimum atomic E-state index is -0.888. The van der Waals surface area contributed by atoms with Gasteiger partial charge in [0.2, 0.25) is 5.91 Å². The molecule has 0 aliphatic heterocycles. The third kappa shape index (κ3) is 4.84. The van der Waals surface area contributed by atoms with Crippen molar-refractivity contribution < 1.29 is 19.1 Å². The Balaban J connectivity index is 2.04. The van der Waals surface area contributed by atoms with E-state index in [4.69, 9.17) is 4.74 Å². The van der Waals surface area contributed by atoms with Crippen LogP contribution in [0.25, 0.3) is 0 Å². The molecular formula is C19H28N2O4S. The number of ether oxygens (including phenoxy) is 1. The molecule has 3 atom stereocenters. The van der Waals surface area contributed by atoms with E-state index in [-0.39, 0.29) is 17.9 Å². The van der Waals surface area contributed by atoms with Gasteiger partial charge < -0.3 is 15.4 Å². The molecule has 2 N–H and O–H groups in total. The van der Waals surface area contributed by atoms with Crippen molar-refractivity contribution in [3.8, 4) is 0 Å². The first kappa shape index (κ1) is 20.4. The normalized spacial score (nSPS) is 21.0. The van der Waals surface area contributed by atoms with Crippen LogP contribution in [0, 0.1) is 19.8 Å². The van der Waals surface area contributed by atoms with Crippen molar-refractivity contribution in [1.82, 2.24) is 5.32 Å². The highest BCUT2D eigenvalue weighted by atomic mass is 32.1. The first-order chi connectivity index (χ1) is 12.2. The lowest BCUT2D eigenvalue weighted by Crippen LogP contribution is -2.46. The Kier molecular flexibility index (Phi) is 6.81. The number of hydrogen-bond acceptors (Lipinski definition) is 5. The van der Waals surface area contributed by atoms with Gasteiger partial charge in [0.25, 0.3) is 5.91 Å². The second kappa shape index (κ2) is 8.66. The molecule has 144 valence electrons. The highest BCUT2D eigenvalue weighted by molar-refractivity contribution is 7.16. The van der Waals surface area contributed by atoms with Gasteiger partial charge in [0.15, 0.2) is 6.10 Å². The Morgan fingerprint density at radius 3 is 2.46 bits per heavy atom. The number of anilines is 1. The first-order valence-electron chi connectivity index (χ1n) is 9.09. The zero-order chi connectivity index (χ0) is 19.4. The molecule has 6 nitrogen and oxygen atoms in total. The van der Waals surface area contributed by atoms with E-state index in [0.717, 1.165) is 29.7 Å². The van der Waals surface area contributed by atoms with Crippen molar-refractivity contribution in [2.75, 3.05) is 5.32 Å². The Bertz CT molecular complexity index is 698. The fourth-order valence-electron chi connectivity index (χ4n) is 3.22. The fourth-order valence-corrected chi connectivity index (χ4v) is 4.32. The summed E-state index contributed by atoms with van der Waals surface area (Å²) in [5, 5.41) is 6.14. The van der Waals surface area contributed by atoms with Gasteiger partial charge in [-0.15, -0.1) is 11.3 Å². The lowest BCUT2D eigenvalue weighted by molar-refractivity contribution is -0.130. The summed E-state index contributed by atoms with van der Waals surface area (Å²) in [6.45, 7) is 8.79. The maximum Gasteiger partial charge on any atom is 0.342 e. The molecule has 1 aliphatic rings. The van der Waals surface area contributed by atoms with Crippen molar-refractivity contribution in [2.45, 2.75) is 72.4 Å². The molecule has 1 aromatic heterocycles. The van der Waals surface area contributed by atoms with Crippen LogP contribution in [0.15, 0.2) is 0 Å². The quantitative estimate of drug-likeness (QED) is 0.765. The van der Waals surface area contributed by atoms with E-state index in [9.17, 15) is 14.4 Å². The standard InChI is InChI=1S/C19H28N2O4S/c1-10-8-6-7-9-15(10)21-17(23)12(3)25-19(24)16-11(2)13(4)26-18(16)20-14(5)22/h10,12,15H,6-9H2,1-5H3,(H,20,22)(H,21,23)/t10-,12+,15-/m0/s1. The van der Waals surface area contributed by atoms with Crippen LogP contribution in [-0.2, 0) is 14.3 Å². The highest BCUT2D eigenvalue weighted by Crippen LogP contribution is 2.33. The van der Waals surface area contributed by atoms with E-state index in [1.54, 1.807) is 6.92 Å². The Hall–Kier alpha value is -1.89. The summed E-state index contributed by atoms with van der Waals surface area (Å²) in [6.07, 6.45) is 3.48. The molecule has 1 aromatic rings. The minimum absolute atomic E-state index is 0.137. The maximum atomic E-state index is 12.6. The van der Waals surface area contributed by atoms with E-state index in [1.165, 1.54) is 24.7 Å². The largest absolute Gasteiger partial charge is 0.449 e. The Morgan fingerprint density at radius 1 is 1.19 bits per heavy atom. The molecule has 0 spiro atoms. The van der Waals surface area contributed by atoms with Crippen LogP contribution < -0.4 is 10.6 Å². The molecule has 2 rings (SSSR count). The number of rotatable bonds is 5. The summed E-state index contributed by atoms with van der Waals surface area (Å²) in [7, 11) is 0. The van der Waals surface area contributed by atoms with E-state index in [2.05, 4.69) is 17.6 Å². The van der Waals surface area contributed by atoms with E-state index in [0.29, 0.717) is 16.5 Å². The topological polar surface area (TPSA) is 84.5 Å². The number of nitrogens with one attached hydrogen (secondary N) is 2. The minimum Gasteiger partial charge on any atom is -0.449 e. The molecule has 7 heteroatoms. The summed E-state index contributed by atoms with van der Waals surface area (Å²) < 4.78 is 5.40. The van der Waals surface area contributed by atoms with Crippen LogP contribution in [-0.4, -0.2) is 29.9 Å². The van der Waals surface area contributed by atoms with Crippen molar-refractivity contribution >= 4 is 34.1 Å². The fraction of sp³-hybridized carbons (Fsp3) is 0.632. The Morgan fingerprint density at radius 2 is 1.85 bits per heavy atom. The van der Waals surface area contributed by atoms with Crippen molar-refractivity contribution in [2.24, 2.45) is 5.92 Å². The number of carbonyl (C=O) groups excluding carboxylic acids is 3. The van der Waals surface area contributed by atoms with Gasteiger partial charge in [0.1, 0.15) is 5.00 Å². The first-order valence-corrected chi connectivity index (χ1v) is 9.91. The van der Waals surface area contributed by atoms with Gasteiger partial charge in [-0.05, 0) is 45.1 Å². The zero-order valence-electron chi connectivity index (χ0n) is 16.1. The monoisotopic (exact) mass is 380 g/mol. The average Bonchev–Trinajstić information content (AvgIpc) is 2.82. The number of amides is 2. The van der Waals surface area contributed by atoms with Crippen LogP contribution in [0.2, 0.25) is 0 Å². The molecular weight excluding hydrogens is 352 g/mol. The van der Waals surface area contributed by atoms with E-state index in [1.807, 2.05) is 13.8 Å². The zero-order valence-corrected chi connectivity index (χ0v) is 16.9. The number of hydrogen-bond donors (Lipinski definition) is 2. The smallest absolute Gasteiger partial charge is 0.342 e. The molecule has 1 heterocycles. The molecule has 1 aliphatic carbocycles. The van der Waals surface area contributed by atoms with Gasteiger partial charge in [0, 0.05) is 17.8 Å². The van der Waals surface area contributed by atoms with Crippen LogP contribution in [0.5, 0.6) is 0 Å². The molecule has 0 radical (unpaired) electrons. The van der Waals surface area contributed by atoms with Crippen LogP contribution >= 0.6 is 11.3 Å². The third-order valence-corrected chi connectivity index (χ3v) is 6.09. The van der Waals surface area contributed by atoms with Crippen LogP contribution in [0.3, 0.4) is 0 Å². The molecule has 1 saturated carbocycles. The lowest BCUT2D eigenvalue weighted by Gasteiger charge is -2.30. The molecule has 1 fully saturated rings. The number of esters is 1. The third-order valence-electron chi connectivity index (χ3n) is 4.97. The summed E-state index contributed by atoms with van der Waals surface area (Å²) in [5.74, 6) is -0.682. The molecule has 26 heavy (non-hydrogen) atoms. The van der Waals surface area contributed by atoms with Gasteiger partial charge in [-0.3, -0.25) is 9.59 Å². The second-order valence-electron chi connectivity index (χ2n) is 7.09. The van der Waals surface area contributed by atoms with E-state index >= 15 is 0 Å². The molecule has 0 unspecified atom stereocenters. The predicted molar refractivity (Wildman–Crippen MR) is 103 cm³/mol.